The molecule has 1 fully saturated rings. The summed E-state index contributed by atoms with van der Waals surface area (Å²) < 4.78 is 0. The van der Waals surface area contributed by atoms with E-state index in [0.717, 1.165) is 44.3 Å². The number of hydrogen-bond donors (Lipinski definition) is 1. The van der Waals surface area contributed by atoms with Crippen LogP contribution in [0.5, 0.6) is 0 Å². The van der Waals surface area contributed by atoms with Gasteiger partial charge in [-0.05, 0) is 24.5 Å². The Bertz CT molecular complexity index is 748. The minimum atomic E-state index is -0.408. The minimum absolute atomic E-state index is 0.0727. The highest BCUT2D eigenvalue weighted by molar-refractivity contribution is 6.31. The lowest BCUT2D eigenvalue weighted by atomic mass is 10.2. The summed E-state index contributed by atoms with van der Waals surface area (Å²) in [6.07, 6.45) is 5.70. The Balaban J connectivity index is 1.87. The summed E-state index contributed by atoms with van der Waals surface area (Å²) in [6, 6.07) is 7.38. The molecule has 3 rings (SSSR count). The Morgan fingerprint density at radius 3 is 2.56 bits per heavy atom. The zero-order valence-electron chi connectivity index (χ0n) is 13.8. The molecule has 0 aliphatic carbocycles. The number of hydrogen-bond acceptors (Lipinski definition) is 6. The molecule has 1 aromatic heterocycles. The monoisotopic (exact) mass is 361 g/mol. The Morgan fingerprint density at radius 1 is 1.16 bits per heavy atom. The van der Waals surface area contributed by atoms with Crippen LogP contribution in [-0.4, -0.2) is 28.0 Å². The number of nitrogens with one attached hydrogen (secondary N) is 1. The maximum atomic E-state index is 11.7. The van der Waals surface area contributed by atoms with E-state index in [0.29, 0.717) is 17.4 Å². The molecular formula is C17H20ClN5O2. The first kappa shape index (κ1) is 17.4. The van der Waals surface area contributed by atoms with Crippen LogP contribution in [0.1, 0.15) is 31.2 Å². The van der Waals surface area contributed by atoms with E-state index in [2.05, 4.69) is 15.3 Å². The highest BCUT2D eigenvalue weighted by Gasteiger charge is 2.27. The molecule has 1 N–H and O–H groups in total. The molecule has 8 heteroatoms. The zero-order valence-corrected chi connectivity index (χ0v) is 14.6. The predicted octanol–water partition coefficient (Wildman–Crippen LogP) is 4.03. The van der Waals surface area contributed by atoms with Crippen molar-refractivity contribution in [1.82, 2.24) is 9.97 Å². The molecule has 0 saturated carbocycles. The van der Waals surface area contributed by atoms with Gasteiger partial charge in [0.1, 0.15) is 6.33 Å². The van der Waals surface area contributed by atoms with Crippen LogP contribution in [-0.2, 0) is 6.54 Å². The highest BCUT2D eigenvalue weighted by atomic mass is 35.5. The van der Waals surface area contributed by atoms with E-state index in [-0.39, 0.29) is 11.5 Å². The second kappa shape index (κ2) is 8.11. The van der Waals surface area contributed by atoms with Crippen LogP contribution in [0.2, 0.25) is 5.02 Å². The van der Waals surface area contributed by atoms with Gasteiger partial charge in [0.05, 0.1) is 4.92 Å². The van der Waals surface area contributed by atoms with Crippen LogP contribution in [0, 0.1) is 10.1 Å². The average Bonchev–Trinajstić information content (AvgIpc) is 2.90. The summed E-state index contributed by atoms with van der Waals surface area (Å²) in [4.78, 5) is 21.6. The number of aromatic nitrogens is 2. The third kappa shape index (κ3) is 4.17. The third-order valence-electron chi connectivity index (χ3n) is 4.30. The van der Waals surface area contributed by atoms with Crippen LogP contribution < -0.4 is 10.2 Å². The number of anilines is 2. The van der Waals surface area contributed by atoms with Gasteiger partial charge in [0.25, 0.3) is 0 Å². The Labute approximate surface area is 151 Å². The molecule has 132 valence electrons. The Morgan fingerprint density at radius 2 is 1.88 bits per heavy atom. The van der Waals surface area contributed by atoms with E-state index in [1.165, 1.54) is 6.33 Å². The van der Waals surface area contributed by atoms with Crippen LogP contribution in [0.4, 0.5) is 17.3 Å². The van der Waals surface area contributed by atoms with Gasteiger partial charge in [-0.25, -0.2) is 9.97 Å². The molecule has 2 aromatic rings. The zero-order chi connectivity index (χ0) is 17.6. The first-order valence-corrected chi connectivity index (χ1v) is 8.76. The quantitative estimate of drug-likeness (QED) is 0.639. The van der Waals surface area contributed by atoms with Crippen molar-refractivity contribution in [3.05, 3.63) is 51.3 Å². The third-order valence-corrected chi connectivity index (χ3v) is 4.66. The molecule has 0 amide bonds. The fraction of sp³-hybridized carbons (Fsp3) is 0.412. The first-order valence-electron chi connectivity index (χ1n) is 8.38. The Kier molecular flexibility index (Phi) is 5.65. The largest absolute Gasteiger partial charge is 0.360 e. The molecule has 1 aliphatic heterocycles. The molecule has 0 atom stereocenters. The van der Waals surface area contributed by atoms with Crippen molar-refractivity contribution >= 4 is 28.9 Å². The molecule has 0 unspecified atom stereocenters. The summed E-state index contributed by atoms with van der Waals surface area (Å²) in [5.41, 5.74) is 0.782. The van der Waals surface area contributed by atoms with E-state index in [1.807, 2.05) is 23.1 Å². The minimum Gasteiger partial charge on any atom is -0.360 e. The topological polar surface area (TPSA) is 84.2 Å². The fourth-order valence-corrected chi connectivity index (χ4v) is 3.20. The number of nitro groups is 1. The highest BCUT2D eigenvalue weighted by Crippen LogP contribution is 2.33. The molecule has 7 nitrogen and oxygen atoms in total. The lowest BCUT2D eigenvalue weighted by Gasteiger charge is -2.21. The van der Waals surface area contributed by atoms with Crippen molar-refractivity contribution in [2.75, 3.05) is 23.3 Å². The van der Waals surface area contributed by atoms with Gasteiger partial charge >= 0.3 is 5.69 Å². The summed E-state index contributed by atoms with van der Waals surface area (Å²) in [6.45, 7) is 1.92. The van der Waals surface area contributed by atoms with Gasteiger partial charge in [0, 0.05) is 24.7 Å². The summed E-state index contributed by atoms with van der Waals surface area (Å²) in [5.74, 6) is 0.614. The maximum Gasteiger partial charge on any atom is 0.353 e. The van der Waals surface area contributed by atoms with Crippen molar-refractivity contribution in [3.8, 4) is 0 Å². The van der Waals surface area contributed by atoms with Crippen molar-refractivity contribution < 1.29 is 4.92 Å². The fourth-order valence-electron chi connectivity index (χ4n) is 3.00. The van der Waals surface area contributed by atoms with Crippen molar-refractivity contribution in [1.29, 1.82) is 0 Å². The maximum absolute atomic E-state index is 11.7. The van der Waals surface area contributed by atoms with E-state index in [9.17, 15) is 10.1 Å². The first-order chi connectivity index (χ1) is 12.2. The number of rotatable bonds is 5. The predicted molar refractivity (Wildman–Crippen MR) is 98.1 cm³/mol. The van der Waals surface area contributed by atoms with E-state index >= 15 is 0 Å². The molecule has 25 heavy (non-hydrogen) atoms. The molecule has 1 saturated heterocycles. The number of halogens is 1. The van der Waals surface area contributed by atoms with Crippen LogP contribution >= 0.6 is 11.6 Å². The number of nitrogens with zero attached hydrogens (tertiary/aromatic N) is 4. The normalized spacial score (nSPS) is 14.8. The molecule has 1 aliphatic rings. The van der Waals surface area contributed by atoms with Crippen molar-refractivity contribution in [2.24, 2.45) is 0 Å². The van der Waals surface area contributed by atoms with Crippen LogP contribution in [0.25, 0.3) is 0 Å². The van der Waals surface area contributed by atoms with Crippen molar-refractivity contribution in [2.45, 2.75) is 32.2 Å². The van der Waals surface area contributed by atoms with Gasteiger partial charge in [-0.1, -0.05) is 42.6 Å². The SMILES string of the molecule is O=[N+]([O-])c1c(NCc2ccccc2Cl)ncnc1N1CCCCCC1. The molecule has 0 radical (unpaired) electrons. The van der Waals surface area contributed by atoms with Crippen LogP contribution in [0.15, 0.2) is 30.6 Å². The van der Waals surface area contributed by atoms with Crippen molar-refractivity contribution in [3.63, 3.8) is 0 Å². The lowest BCUT2D eigenvalue weighted by Crippen LogP contribution is -2.26. The standard InChI is InChI=1S/C17H20ClN5O2/c18-14-8-4-3-7-13(14)11-19-16-15(23(24)25)17(21-12-20-16)22-9-5-1-2-6-10-22/h3-4,7-8,12H,1-2,5-6,9-11H2,(H,19,20,21). The summed E-state index contributed by atoms with van der Waals surface area (Å²) >= 11 is 6.15. The van der Waals surface area contributed by atoms with Gasteiger partial charge in [-0.2, -0.15) is 0 Å². The molecular weight excluding hydrogens is 342 g/mol. The second-order valence-electron chi connectivity index (χ2n) is 6.00. The molecule has 2 heterocycles. The summed E-state index contributed by atoms with van der Waals surface area (Å²) in [7, 11) is 0. The smallest absolute Gasteiger partial charge is 0.353 e. The van der Waals surface area contributed by atoms with Gasteiger partial charge < -0.3 is 10.2 Å². The van der Waals surface area contributed by atoms with Gasteiger partial charge in [-0.3, -0.25) is 10.1 Å². The molecule has 0 spiro atoms. The average molecular weight is 362 g/mol. The lowest BCUT2D eigenvalue weighted by molar-refractivity contribution is -0.383. The second-order valence-corrected chi connectivity index (χ2v) is 6.41. The summed E-state index contributed by atoms with van der Waals surface area (Å²) in [5, 5.41) is 15.3. The van der Waals surface area contributed by atoms with Gasteiger partial charge in [0.2, 0.25) is 11.6 Å². The van der Waals surface area contributed by atoms with E-state index in [1.54, 1.807) is 6.07 Å². The number of benzene rings is 1. The molecule has 1 aromatic carbocycles. The van der Waals surface area contributed by atoms with Gasteiger partial charge in [0.15, 0.2) is 0 Å². The van der Waals surface area contributed by atoms with E-state index < -0.39 is 4.92 Å². The molecule has 0 bridgehead atoms. The van der Waals surface area contributed by atoms with Crippen LogP contribution in [0.3, 0.4) is 0 Å². The Hall–Kier alpha value is -2.41. The van der Waals surface area contributed by atoms with E-state index in [4.69, 9.17) is 11.6 Å². The van der Waals surface area contributed by atoms with Gasteiger partial charge in [-0.15, -0.1) is 0 Å².